The van der Waals surface area contributed by atoms with Crippen molar-refractivity contribution >= 4 is 18.1 Å². The van der Waals surface area contributed by atoms with Crippen LogP contribution in [-0.2, 0) is 11.3 Å². The number of carbonyl (C=O) groups is 2. The number of carboxylic acid groups (broad SMARTS) is 1. The number of aliphatic carboxylic acids is 1. The topological polar surface area (TPSA) is 126 Å². The molecule has 33 heavy (non-hydrogen) atoms. The van der Waals surface area contributed by atoms with Gasteiger partial charge in [-0.15, -0.1) is 5.10 Å². The summed E-state index contributed by atoms with van der Waals surface area (Å²) >= 11 is 0. The molecule has 180 valence electrons. The second-order valence-electron chi connectivity index (χ2n) is 7.20. The maximum atomic E-state index is 12.9. The molecule has 0 spiro atoms. The first-order valence-electron chi connectivity index (χ1n) is 9.93. The van der Waals surface area contributed by atoms with Gasteiger partial charge in [-0.25, -0.2) is 18.7 Å². The highest BCUT2D eigenvalue weighted by molar-refractivity contribution is 5.73. The molecule has 0 radical (unpaired) electrons. The van der Waals surface area contributed by atoms with Crippen molar-refractivity contribution in [3.63, 3.8) is 0 Å². The van der Waals surface area contributed by atoms with Gasteiger partial charge in [0.25, 0.3) is 0 Å². The van der Waals surface area contributed by atoms with Crippen LogP contribution in [0, 0.1) is 5.82 Å². The van der Waals surface area contributed by atoms with E-state index in [2.05, 4.69) is 26.6 Å². The lowest BCUT2D eigenvalue weighted by molar-refractivity contribution is -0.192. The summed E-state index contributed by atoms with van der Waals surface area (Å²) in [7, 11) is 0. The van der Waals surface area contributed by atoms with E-state index in [1.165, 1.54) is 12.1 Å². The Morgan fingerprint density at radius 1 is 1.21 bits per heavy atom. The molecule has 0 saturated carbocycles. The van der Waals surface area contributed by atoms with E-state index in [-0.39, 0.29) is 5.82 Å². The minimum absolute atomic E-state index is 0.217. The van der Waals surface area contributed by atoms with Crippen molar-refractivity contribution in [3.05, 3.63) is 53.6 Å². The van der Waals surface area contributed by atoms with Crippen LogP contribution in [0.3, 0.4) is 0 Å². The van der Waals surface area contributed by atoms with Crippen molar-refractivity contribution in [2.45, 2.75) is 31.6 Å². The van der Waals surface area contributed by atoms with E-state index in [9.17, 15) is 22.4 Å². The van der Waals surface area contributed by atoms with Crippen molar-refractivity contribution in [1.82, 2.24) is 25.2 Å². The number of carboxylic acids is 1. The van der Waals surface area contributed by atoms with E-state index in [0.29, 0.717) is 18.3 Å². The number of carbonyl (C=O) groups excluding carboxylic acids is 1. The van der Waals surface area contributed by atoms with Crippen molar-refractivity contribution in [3.8, 4) is 0 Å². The van der Waals surface area contributed by atoms with Gasteiger partial charge in [0.1, 0.15) is 11.5 Å². The van der Waals surface area contributed by atoms with Gasteiger partial charge in [-0.05, 0) is 30.5 Å². The summed E-state index contributed by atoms with van der Waals surface area (Å²) in [6.45, 7) is 3.12. The summed E-state index contributed by atoms with van der Waals surface area (Å²) in [4.78, 5) is 22.0. The first-order valence-corrected chi connectivity index (χ1v) is 9.93. The van der Waals surface area contributed by atoms with Crippen LogP contribution in [0.5, 0.6) is 0 Å². The lowest BCUT2D eigenvalue weighted by atomic mass is 10.1. The monoisotopic (exact) mass is 472 g/mol. The maximum Gasteiger partial charge on any atom is 0.490 e. The zero-order chi connectivity index (χ0) is 24.4. The van der Waals surface area contributed by atoms with Crippen LogP contribution in [0.15, 0.2) is 36.5 Å². The number of amides is 2. The van der Waals surface area contributed by atoms with E-state index in [4.69, 9.17) is 15.6 Å². The van der Waals surface area contributed by atoms with E-state index in [1.54, 1.807) is 12.1 Å². The van der Waals surface area contributed by atoms with Gasteiger partial charge in [-0.1, -0.05) is 29.5 Å². The highest BCUT2D eigenvalue weighted by atomic mass is 19.4. The number of aromatic nitrogens is 3. The Hall–Kier alpha value is -3.48. The Kier molecular flexibility index (Phi) is 9.33. The third kappa shape index (κ3) is 9.27. The summed E-state index contributed by atoms with van der Waals surface area (Å²) in [6.07, 6.45) is 2.90. The zero-order valence-electron chi connectivity index (χ0n) is 17.5. The average molecular weight is 472 g/mol. The summed E-state index contributed by atoms with van der Waals surface area (Å²) in [6, 6.07) is 6.23. The number of urea groups is 1. The van der Waals surface area contributed by atoms with Crippen molar-refractivity contribution in [2.75, 3.05) is 19.6 Å². The first kappa shape index (κ1) is 25.8. The molecule has 1 aliphatic rings. The number of nitrogens with zero attached hydrogens (tertiary/aromatic N) is 4. The number of rotatable bonds is 6. The summed E-state index contributed by atoms with van der Waals surface area (Å²) in [5.74, 6) is -2.97. The second kappa shape index (κ2) is 11.9. The van der Waals surface area contributed by atoms with Gasteiger partial charge in [0.2, 0.25) is 0 Å². The molecule has 1 saturated heterocycles. The van der Waals surface area contributed by atoms with Gasteiger partial charge in [0.15, 0.2) is 0 Å². The van der Waals surface area contributed by atoms with Crippen LogP contribution in [0.25, 0.3) is 6.08 Å². The summed E-state index contributed by atoms with van der Waals surface area (Å²) in [5, 5.41) is 17.9. The third-order valence-electron chi connectivity index (χ3n) is 4.72. The number of piperidine rings is 1. The number of hydrogen-bond acceptors (Lipinski definition) is 5. The molecule has 0 unspecified atom stereocenters. The molecule has 4 N–H and O–H groups in total. The molecule has 1 aliphatic heterocycles. The predicted octanol–water partition coefficient (Wildman–Crippen LogP) is 2.57. The summed E-state index contributed by atoms with van der Waals surface area (Å²) < 4.78 is 46.5. The number of alkyl halides is 3. The van der Waals surface area contributed by atoms with Crippen LogP contribution in [0.2, 0.25) is 0 Å². The third-order valence-corrected chi connectivity index (χ3v) is 4.72. The minimum Gasteiger partial charge on any atom is -0.475 e. The Balaban J connectivity index is 0.000000479. The van der Waals surface area contributed by atoms with Gasteiger partial charge in [0.05, 0.1) is 18.8 Å². The minimum atomic E-state index is -5.08. The van der Waals surface area contributed by atoms with Crippen molar-refractivity contribution in [1.29, 1.82) is 0 Å². The number of primary amides is 1. The van der Waals surface area contributed by atoms with Gasteiger partial charge in [-0.2, -0.15) is 13.2 Å². The number of nitrogens with two attached hydrogens (primary N) is 1. The van der Waals surface area contributed by atoms with Gasteiger partial charge in [-0.3, -0.25) is 4.90 Å². The quantitative estimate of drug-likeness (QED) is 0.555. The highest BCUT2D eigenvalue weighted by Crippen LogP contribution is 2.21. The second-order valence-corrected chi connectivity index (χ2v) is 7.20. The molecule has 1 aromatic heterocycles. The number of likely N-dealkylation sites (tertiary alicyclic amines) is 1. The van der Waals surface area contributed by atoms with Gasteiger partial charge in [0, 0.05) is 19.6 Å². The molecule has 2 heterocycles. The molecule has 9 nitrogen and oxygen atoms in total. The van der Waals surface area contributed by atoms with Crippen LogP contribution in [-0.4, -0.2) is 62.8 Å². The van der Waals surface area contributed by atoms with E-state index < -0.39 is 18.2 Å². The zero-order valence-corrected chi connectivity index (χ0v) is 17.5. The molecule has 0 bridgehead atoms. The van der Waals surface area contributed by atoms with Gasteiger partial charge < -0.3 is 16.2 Å². The predicted molar refractivity (Wildman–Crippen MR) is 110 cm³/mol. The number of benzene rings is 1. The van der Waals surface area contributed by atoms with Crippen LogP contribution in [0.4, 0.5) is 22.4 Å². The number of halogens is 4. The molecule has 2 amide bonds. The lowest BCUT2D eigenvalue weighted by Gasteiger charge is -2.30. The van der Waals surface area contributed by atoms with Crippen molar-refractivity contribution < 1.29 is 32.3 Å². The molecular formula is C20H24F4N6O3. The van der Waals surface area contributed by atoms with Crippen LogP contribution < -0.4 is 11.1 Å². The Labute approximate surface area is 186 Å². The van der Waals surface area contributed by atoms with Crippen LogP contribution >= 0.6 is 0 Å². The fourth-order valence-electron chi connectivity index (χ4n) is 3.03. The fraction of sp³-hybridized carbons (Fsp3) is 0.400. The number of hydrogen-bond donors (Lipinski definition) is 3. The molecule has 2 aromatic rings. The lowest BCUT2D eigenvalue weighted by Crippen LogP contribution is -2.34. The molecule has 3 rings (SSSR count). The average Bonchev–Trinajstić information content (AvgIpc) is 3.23. The van der Waals surface area contributed by atoms with E-state index in [1.807, 2.05) is 17.0 Å². The first-order chi connectivity index (χ1) is 15.5. The highest BCUT2D eigenvalue weighted by Gasteiger charge is 2.38. The summed E-state index contributed by atoms with van der Waals surface area (Å²) in [5.41, 5.74) is 6.76. The molecule has 0 aliphatic carbocycles. The van der Waals surface area contributed by atoms with Crippen LogP contribution in [0.1, 0.15) is 30.1 Å². The van der Waals surface area contributed by atoms with E-state index >= 15 is 0 Å². The molecule has 13 heteroatoms. The van der Waals surface area contributed by atoms with E-state index in [0.717, 1.165) is 38.0 Å². The molecule has 1 aromatic carbocycles. The SMILES string of the molecule is NC(=O)NCc1cn(C2CCN(C/C=C/c3ccc(F)cc3)CC2)nn1.O=C(O)C(F)(F)F. The largest absolute Gasteiger partial charge is 0.490 e. The molecule has 0 atom stereocenters. The Bertz CT molecular complexity index is 938. The molecular weight excluding hydrogens is 448 g/mol. The Morgan fingerprint density at radius 3 is 2.36 bits per heavy atom. The molecule has 1 fully saturated rings. The van der Waals surface area contributed by atoms with Gasteiger partial charge >= 0.3 is 18.2 Å². The smallest absolute Gasteiger partial charge is 0.475 e. The normalized spacial score (nSPS) is 15.2. The Morgan fingerprint density at radius 2 is 1.82 bits per heavy atom. The fourth-order valence-corrected chi connectivity index (χ4v) is 3.03. The maximum absolute atomic E-state index is 12.9. The standard InChI is InChI=1S/C18H23FN6O.C2HF3O2/c19-15-5-3-14(4-6-15)2-1-9-24-10-7-17(8-11-24)25-13-16(22-23-25)12-21-18(20)26;3-2(4,5)1(6)7/h1-6,13,17H,7-12H2,(H3,20,21,26);(H,6,7)/b2-1+;. The number of nitrogens with one attached hydrogen (secondary N) is 1. The van der Waals surface area contributed by atoms with Crippen molar-refractivity contribution in [2.24, 2.45) is 5.73 Å².